The van der Waals surface area contributed by atoms with E-state index < -0.39 is 0 Å². The highest BCUT2D eigenvalue weighted by Gasteiger charge is 2.21. The summed E-state index contributed by atoms with van der Waals surface area (Å²) >= 11 is 0. The standard InChI is InChI=1S/C16H20N2O/c1-13-11-16(19-17-13)12-18-9-7-15(8-10-18)14-5-3-2-4-6-14/h2-6,11,15H,7-10,12H2,1H3. The molecule has 1 aromatic carbocycles. The van der Waals surface area contributed by atoms with E-state index >= 15 is 0 Å². The average molecular weight is 256 g/mol. The van der Waals surface area contributed by atoms with Gasteiger partial charge in [0.15, 0.2) is 5.76 Å². The van der Waals surface area contributed by atoms with Crippen molar-refractivity contribution in [1.29, 1.82) is 0 Å². The van der Waals surface area contributed by atoms with Crippen LogP contribution in [0.3, 0.4) is 0 Å². The summed E-state index contributed by atoms with van der Waals surface area (Å²) < 4.78 is 5.29. The van der Waals surface area contributed by atoms with E-state index in [4.69, 9.17) is 4.52 Å². The van der Waals surface area contributed by atoms with Crippen LogP contribution in [0.2, 0.25) is 0 Å². The van der Waals surface area contributed by atoms with Crippen molar-refractivity contribution in [2.45, 2.75) is 32.2 Å². The third-order valence-corrected chi connectivity index (χ3v) is 3.91. The Balaban J connectivity index is 1.55. The van der Waals surface area contributed by atoms with Crippen molar-refractivity contribution in [1.82, 2.24) is 10.1 Å². The van der Waals surface area contributed by atoms with Crippen molar-refractivity contribution in [3.8, 4) is 0 Å². The molecule has 1 aromatic heterocycles. The zero-order valence-electron chi connectivity index (χ0n) is 11.4. The molecule has 1 aliphatic heterocycles. The molecule has 0 radical (unpaired) electrons. The predicted octanol–water partition coefficient (Wildman–Crippen LogP) is 3.36. The first-order valence-electron chi connectivity index (χ1n) is 7.01. The largest absolute Gasteiger partial charge is 0.360 e. The minimum absolute atomic E-state index is 0.717. The van der Waals surface area contributed by atoms with Crippen molar-refractivity contribution in [2.24, 2.45) is 0 Å². The molecule has 0 saturated carbocycles. The van der Waals surface area contributed by atoms with Crippen LogP contribution >= 0.6 is 0 Å². The highest BCUT2D eigenvalue weighted by Crippen LogP contribution is 2.28. The number of aryl methyl sites for hydroxylation is 1. The van der Waals surface area contributed by atoms with Crippen LogP contribution in [0, 0.1) is 6.92 Å². The minimum atomic E-state index is 0.717. The lowest BCUT2D eigenvalue weighted by Gasteiger charge is -2.31. The van der Waals surface area contributed by atoms with Gasteiger partial charge in [-0.25, -0.2) is 0 Å². The quantitative estimate of drug-likeness (QED) is 0.843. The van der Waals surface area contributed by atoms with Gasteiger partial charge in [-0.3, -0.25) is 4.90 Å². The number of likely N-dealkylation sites (tertiary alicyclic amines) is 1. The van der Waals surface area contributed by atoms with Crippen LogP contribution in [-0.4, -0.2) is 23.1 Å². The van der Waals surface area contributed by atoms with Crippen molar-refractivity contribution in [3.63, 3.8) is 0 Å². The Morgan fingerprint density at radius 2 is 1.95 bits per heavy atom. The molecule has 19 heavy (non-hydrogen) atoms. The molecule has 0 amide bonds. The molecule has 100 valence electrons. The Labute approximate surface area is 114 Å². The van der Waals surface area contributed by atoms with Gasteiger partial charge >= 0.3 is 0 Å². The van der Waals surface area contributed by atoms with Crippen LogP contribution in [0.15, 0.2) is 40.9 Å². The van der Waals surface area contributed by atoms with E-state index in [0.717, 1.165) is 31.1 Å². The van der Waals surface area contributed by atoms with E-state index in [1.54, 1.807) is 0 Å². The Kier molecular flexibility index (Phi) is 3.65. The van der Waals surface area contributed by atoms with E-state index in [2.05, 4.69) is 40.4 Å². The maximum absolute atomic E-state index is 5.29. The summed E-state index contributed by atoms with van der Waals surface area (Å²) in [6.07, 6.45) is 2.47. The number of piperidine rings is 1. The molecule has 1 aliphatic rings. The lowest BCUT2D eigenvalue weighted by Crippen LogP contribution is -2.32. The highest BCUT2D eigenvalue weighted by atomic mass is 16.5. The molecule has 0 aliphatic carbocycles. The SMILES string of the molecule is Cc1cc(CN2CCC(c3ccccc3)CC2)on1. The summed E-state index contributed by atoms with van der Waals surface area (Å²) in [5.41, 5.74) is 2.45. The third kappa shape index (κ3) is 3.04. The van der Waals surface area contributed by atoms with Gasteiger partial charge in [0.05, 0.1) is 12.2 Å². The van der Waals surface area contributed by atoms with Crippen LogP contribution in [0.1, 0.15) is 35.8 Å². The van der Waals surface area contributed by atoms with Crippen LogP contribution in [0.4, 0.5) is 0 Å². The summed E-state index contributed by atoms with van der Waals surface area (Å²) in [4.78, 5) is 2.46. The predicted molar refractivity (Wildman–Crippen MR) is 74.9 cm³/mol. The van der Waals surface area contributed by atoms with Gasteiger partial charge in [0, 0.05) is 6.07 Å². The van der Waals surface area contributed by atoms with Gasteiger partial charge < -0.3 is 4.52 Å². The maximum atomic E-state index is 5.29. The summed E-state index contributed by atoms with van der Waals surface area (Å²) in [5, 5.41) is 3.94. The number of hydrogen-bond acceptors (Lipinski definition) is 3. The summed E-state index contributed by atoms with van der Waals surface area (Å²) in [6, 6.07) is 12.9. The zero-order valence-corrected chi connectivity index (χ0v) is 11.4. The van der Waals surface area contributed by atoms with E-state index in [-0.39, 0.29) is 0 Å². The van der Waals surface area contributed by atoms with Gasteiger partial charge in [0.25, 0.3) is 0 Å². The van der Waals surface area contributed by atoms with Gasteiger partial charge in [-0.15, -0.1) is 0 Å². The Hall–Kier alpha value is -1.61. The lowest BCUT2D eigenvalue weighted by atomic mass is 9.89. The third-order valence-electron chi connectivity index (χ3n) is 3.91. The summed E-state index contributed by atoms with van der Waals surface area (Å²) in [5.74, 6) is 1.70. The molecule has 3 nitrogen and oxygen atoms in total. The molecule has 3 heteroatoms. The Morgan fingerprint density at radius 1 is 1.21 bits per heavy atom. The van der Waals surface area contributed by atoms with Gasteiger partial charge in [0.1, 0.15) is 0 Å². The van der Waals surface area contributed by atoms with Crippen molar-refractivity contribution in [3.05, 3.63) is 53.4 Å². The van der Waals surface area contributed by atoms with E-state index in [1.165, 1.54) is 18.4 Å². The molecule has 0 spiro atoms. The molecule has 2 aromatic rings. The van der Waals surface area contributed by atoms with Crippen LogP contribution in [0.25, 0.3) is 0 Å². The fourth-order valence-corrected chi connectivity index (χ4v) is 2.86. The highest BCUT2D eigenvalue weighted by molar-refractivity contribution is 5.20. The van der Waals surface area contributed by atoms with E-state index in [0.29, 0.717) is 5.92 Å². The topological polar surface area (TPSA) is 29.3 Å². The lowest BCUT2D eigenvalue weighted by molar-refractivity contribution is 0.184. The van der Waals surface area contributed by atoms with Crippen LogP contribution in [-0.2, 0) is 6.54 Å². The normalized spacial score (nSPS) is 17.7. The fourth-order valence-electron chi connectivity index (χ4n) is 2.86. The Bertz CT molecular complexity index is 513. The molecule has 2 heterocycles. The molecule has 1 fully saturated rings. The monoisotopic (exact) mass is 256 g/mol. The number of hydrogen-bond donors (Lipinski definition) is 0. The second-order valence-corrected chi connectivity index (χ2v) is 5.40. The van der Waals surface area contributed by atoms with Crippen molar-refractivity contribution in [2.75, 3.05) is 13.1 Å². The summed E-state index contributed by atoms with van der Waals surface area (Å²) in [6.45, 7) is 5.13. The molecule has 0 bridgehead atoms. The zero-order chi connectivity index (χ0) is 13.1. The maximum Gasteiger partial charge on any atom is 0.150 e. The van der Waals surface area contributed by atoms with Gasteiger partial charge in [-0.1, -0.05) is 35.5 Å². The first-order chi connectivity index (χ1) is 9.31. The van der Waals surface area contributed by atoms with Gasteiger partial charge in [0.2, 0.25) is 0 Å². The first-order valence-corrected chi connectivity index (χ1v) is 7.01. The molecular formula is C16H20N2O. The summed E-state index contributed by atoms with van der Waals surface area (Å²) in [7, 11) is 0. The van der Waals surface area contributed by atoms with E-state index in [1.807, 2.05) is 13.0 Å². The Morgan fingerprint density at radius 3 is 2.58 bits per heavy atom. The van der Waals surface area contributed by atoms with E-state index in [9.17, 15) is 0 Å². The molecule has 1 saturated heterocycles. The second kappa shape index (κ2) is 5.57. The van der Waals surface area contributed by atoms with Crippen molar-refractivity contribution >= 4 is 0 Å². The molecule has 3 rings (SSSR count). The number of nitrogens with zero attached hydrogens (tertiary/aromatic N) is 2. The van der Waals surface area contributed by atoms with Gasteiger partial charge in [-0.2, -0.15) is 0 Å². The molecule has 0 unspecified atom stereocenters. The first kappa shape index (κ1) is 12.4. The van der Waals surface area contributed by atoms with Crippen LogP contribution in [0.5, 0.6) is 0 Å². The molecule has 0 atom stereocenters. The van der Waals surface area contributed by atoms with Gasteiger partial charge in [-0.05, 0) is 44.3 Å². The molecular weight excluding hydrogens is 236 g/mol. The number of rotatable bonds is 3. The molecule has 0 N–H and O–H groups in total. The van der Waals surface area contributed by atoms with Crippen LogP contribution < -0.4 is 0 Å². The average Bonchev–Trinajstić information content (AvgIpc) is 2.86. The number of benzene rings is 1. The minimum Gasteiger partial charge on any atom is -0.360 e. The smallest absolute Gasteiger partial charge is 0.150 e. The fraction of sp³-hybridized carbons (Fsp3) is 0.438. The second-order valence-electron chi connectivity index (χ2n) is 5.40. The number of aromatic nitrogens is 1. The van der Waals surface area contributed by atoms with Crippen molar-refractivity contribution < 1.29 is 4.52 Å².